The van der Waals surface area contributed by atoms with Crippen LogP contribution in [0.4, 0.5) is 17.5 Å². The summed E-state index contributed by atoms with van der Waals surface area (Å²) >= 11 is 5.81. The van der Waals surface area contributed by atoms with E-state index in [9.17, 15) is 10.1 Å². The van der Waals surface area contributed by atoms with E-state index >= 15 is 0 Å². The number of nitro groups is 1. The SMILES string of the molecule is CN(Cc1ccc(Cl)cc1)c1nc(N)ncc1[N+](=O)[O-]. The maximum absolute atomic E-state index is 11.0. The number of aromatic nitrogens is 2. The lowest BCUT2D eigenvalue weighted by atomic mass is 10.2. The highest BCUT2D eigenvalue weighted by molar-refractivity contribution is 6.30. The Balaban J connectivity index is 2.28. The van der Waals surface area contributed by atoms with Crippen LogP contribution in [0.2, 0.25) is 5.02 Å². The highest BCUT2D eigenvalue weighted by Gasteiger charge is 2.20. The van der Waals surface area contributed by atoms with Gasteiger partial charge in [0.05, 0.1) is 4.92 Å². The predicted octanol–water partition coefficient (Wildman–Crippen LogP) is 2.26. The molecule has 2 rings (SSSR count). The van der Waals surface area contributed by atoms with Crippen LogP contribution in [0.25, 0.3) is 0 Å². The van der Waals surface area contributed by atoms with Gasteiger partial charge in [-0.05, 0) is 17.7 Å². The van der Waals surface area contributed by atoms with Crippen LogP contribution in [0.5, 0.6) is 0 Å². The lowest BCUT2D eigenvalue weighted by molar-refractivity contribution is -0.384. The Labute approximate surface area is 120 Å². The molecule has 0 aliphatic heterocycles. The number of rotatable bonds is 4. The van der Waals surface area contributed by atoms with Gasteiger partial charge >= 0.3 is 5.69 Å². The Morgan fingerprint density at radius 3 is 2.65 bits per heavy atom. The van der Waals surface area contributed by atoms with Gasteiger partial charge in [0, 0.05) is 18.6 Å². The third-order valence-corrected chi connectivity index (χ3v) is 2.91. The molecule has 0 aliphatic rings. The second-order valence-electron chi connectivity index (χ2n) is 4.18. The zero-order chi connectivity index (χ0) is 14.7. The van der Waals surface area contributed by atoms with Crippen LogP contribution in [0.3, 0.4) is 0 Å². The largest absolute Gasteiger partial charge is 0.368 e. The average Bonchev–Trinajstić information content (AvgIpc) is 2.41. The summed E-state index contributed by atoms with van der Waals surface area (Å²) in [7, 11) is 1.70. The van der Waals surface area contributed by atoms with Gasteiger partial charge in [0.25, 0.3) is 0 Å². The van der Waals surface area contributed by atoms with Crippen LogP contribution >= 0.6 is 11.6 Å². The second kappa shape index (κ2) is 5.70. The van der Waals surface area contributed by atoms with Gasteiger partial charge in [0.1, 0.15) is 6.20 Å². The van der Waals surface area contributed by atoms with E-state index in [4.69, 9.17) is 17.3 Å². The molecule has 0 radical (unpaired) electrons. The molecule has 0 spiro atoms. The topological polar surface area (TPSA) is 98.2 Å². The summed E-state index contributed by atoms with van der Waals surface area (Å²) in [5.41, 5.74) is 6.25. The monoisotopic (exact) mass is 293 g/mol. The van der Waals surface area contributed by atoms with Crippen molar-refractivity contribution in [1.82, 2.24) is 9.97 Å². The van der Waals surface area contributed by atoms with Crippen LogP contribution < -0.4 is 10.6 Å². The molecule has 0 aliphatic carbocycles. The van der Waals surface area contributed by atoms with Gasteiger partial charge in [0.15, 0.2) is 0 Å². The Morgan fingerprint density at radius 1 is 1.40 bits per heavy atom. The van der Waals surface area contributed by atoms with E-state index in [2.05, 4.69) is 9.97 Å². The van der Waals surface area contributed by atoms with Crippen molar-refractivity contribution in [1.29, 1.82) is 0 Å². The highest BCUT2D eigenvalue weighted by atomic mass is 35.5. The van der Waals surface area contributed by atoms with Gasteiger partial charge in [0.2, 0.25) is 11.8 Å². The molecule has 0 amide bonds. The van der Waals surface area contributed by atoms with Crippen molar-refractivity contribution in [2.24, 2.45) is 0 Å². The lowest BCUT2D eigenvalue weighted by Gasteiger charge is -2.18. The van der Waals surface area contributed by atoms with Gasteiger partial charge < -0.3 is 10.6 Å². The molecule has 20 heavy (non-hydrogen) atoms. The number of nitrogens with zero attached hydrogens (tertiary/aromatic N) is 4. The molecule has 0 fully saturated rings. The lowest BCUT2D eigenvalue weighted by Crippen LogP contribution is -2.20. The molecule has 2 N–H and O–H groups in total. The number of halogens is 1. The Hall–Kier alpha value is -2.41. The molecule has 7 nitrogen and oxygen atoms in total. The summed E-state index contributed by atoms with van der Waals surface area (Å²) in [6.45, 7) is 0.439. The van der Waals surface area contributed by atoms with Crippen LogP contribution in [0.1, 0.15) is 5.56 Å². The van der Waals surface area contributed by atoms with E-state index in [0.29, 0.717) is 11.6 Å². The van der Waals surface area contributed by atoms with Crippen LogP contribution in [0, 0.1) is 10.1 Å². The van der Waals surface area contributed by atoms with E-state index in [1.165, 1.54) is 0 Å². The van der Waals surface area contributed by atoms with E-state index in [0.717, 1.165) is 11.8 Å². The first-order valence-electron chi connectivity index (χ1n) is 5.70. The fraction of sp³-hybridized carbons (Fsp3) is 0.167. The smallest absolute Gasteiger partial charge is 0.329 e. The third kappa shape index (κ3) is 3.12. The molecule has 0 saturated carbocycles. The Bertz CT molecular complexity index is 632. The minimum Gasteiger partial charge on any atom is -0.368 e. The molecule has 0 unspecified atom stereocenters. The molecule has 1 aromatic carbocycles. The van der Waals surface area contributed by atoms with Crippen molar-refractivity contribution in [3.63, 3.8) is 0 Å². The third-order valence-electron chi connectivity index (χ3n) is 2.66. The fourth-order valence-electron chi connectivity index (χ4n) is 1.73. The number of anilines is 2. The van der Waals surface area contributed by atoms with Crippen molar-refractivity contribution in [3.05, 3.63) is 51.2 Å². The van der Waals surface area contributed by atoms with Crippen LogP contribution in [-0.2, 0) is 6.54 Å². The molecule has 8 heteroatoms. The molecule has 0 bridgehead atoms. The van der Waals surface area contributed by atoms with Gasteiger partial charge in [-0.3, -0.25) is 10.1 Å². The summed E-state index contributed by atoms with van der Waals surface area (Å²) < 4.78 is 0. The predicted molar refractivity (Wildman–Crippen MR) is 76.7 cm³/mol. The maximum Gasteiger partial charge on any atom is 0.329 e. The van der Waals surface area contributed by atoms with Crippen molar-refractivity contribution in [2.45, 2.75) is 6.54 Å². The highest BCUT2D eigenvalue weighted by Crippen LogP contribution is 2.25. The van der Waals surface area contributed by atoms with Gasteiger partial charge in [-0.2, -0.15) is 4.98 Å². The van der Waals surface area contributed by atoms with Crippen molar-refractivity contribution in [2.75, 3.05) is 17.7 Å². The van der Waals surface area contributed by atoms with Crippen LogP contribution in [-0.4, -0.2) is 21.9 Å². The maximum atomic E-state index is 11.0. The average molecular weight is 294 g/mol. The van der Waals surface area contributed by atoms with E-state index in [-0.39, 0.29) is 17.5 Å². The zero-order valence-corrected chi connectivity index (χ0v) is 11.4. The Morgan fingerprint density at radius 2 is 2.05 bits per heavy atom. The summed E-state index contributed by atoms with van der Waals surface area (Å²) in [6.07, 6.45) is 1.11. The van der Waals surface area contributed by atoms with Crippen molar-refractivity contribution >= 4 is 29.1 Å². The van der Waals surface area contributed by atoms with Gasteiger partial charge in [-0.25, -0.2) is 4.98 Å². The fourth-order valence-corrected chi connectivity index (χ4v) is 1.85. The first kappa shape index (κ1) is 14.0. The summed E-state index contributed by atoms with van der Waals surface area (Å²) in [5.74, 6) is 0.172. The van der Waals surface area contributed by atoms with Gasteiger partial charge in [-0.15, -0.1) is 0 Å². The molecular formula is C12H12ClN5O2. The first-order chi connectivity index (χ1) is 9.47. The normalized spacial score (nSPS) is 10.3. The number of hydrogen-bond acceptors (Lipinski definition) is 6. The van der Waals surface area contributed by atoms with Gasteiger partial charge in [-0.1, -0.05) is 23.7 Å². The molecule has 1 heterocycles. The zero-order valence-electron chi connectivity index (χ0n) is 10.7. The molecule has 0 saturated heterocycles. The quantitative estimate of drug-likeness (QED) is 0.686. The molecule has 0 atom stereocenters. The van der Waals surface area contributed by atoms with Crippen LogP contribution in [0.15, 0.2) is 30.5 Å². The molecule has 2 aromatic rings. The summed E-state index contributed by atoms with van der Waals surface area (Å²) in [6, 6.07) is 7.20. The number of nitrogens with two attached hydrogens (primary N) is 1. The van der Waals surface area contributed by atoms with Crippen molar-refractivity contribution in [3.8, 4) is 0 Å². The van der Waals surface area contributed by atoms with E-state index < -0.39 is 4.92 Å². The second-order valence-corrected chi connectivity index (χ2v) is 4.61. The molecule has 1 aromatic heterocycles. The van der Waals surface area contributed by atoms with E-state index in [1.54, 1.807) is 24.1 Å². The molecule has 104 valence electrons. The summed E-state index contributed by atoms with van der Waals surface area (Å²) in [4.78, 5) is 19.7. The number of benzene rings is 1. The first-order valence-corrected chi connectivity index (χ1v) is 6.07. The minimum atomic E-state index is -0.535. The minimum absolute atomic E-state index is 0.00597. The number of nitrogen functional groups attached to an aromatic ring is 1. The summed E-state index contributed by atoms with van der Waals surface area (Å²) in [5, 5.41) is 11.6. The van der Waals surface area contributed by atoms with E-state index in [1.807, 2.05) is 12.1 Å². The molecular weight excluding hydrogens is 282 g/mol. The standard InChI is InChI=1S/C12H12ClN5O2/c1-17(7-8-2-4-9(13)5-3-8)11-10(18(19)20)6-15-12(14)16-11/h2-6H,7H2,1H3,(H2,14,15,16). The number of hydrogen-bond donors (Lipinski definition) is 1. The Kier molecular flexibility index (Phi) is 3.99. The van der Waals surface area contributed by atoms with Crippen molar-refractivity contribution < 1.29 is 4.92 Å².